The lowest BCUT2D eigenvalue weighted by Crippen LogP contribution is -2.09. The predicted molar refractivity (Wildman–Crippen MR) is 64.2 cm³/mol. The van der Waals surface area contributed by atoms with E-state index in [2.05, 4.69) is 24.1 Å². The van der Waals surface area contributed by atoms with Gasteiger partial charge in [-0.3, -0.25) is 19.9 Å². The van der Waals surface area contributed by atoms with E-state index in [4.69, 9.17) is 0 Å². The third kappa shape index (κ3) is 3.51. The van der Waals surface area contributed by atoms with Gasteiger partial charge in [0.2, 0.25) is 0 Å². The Labute approximate surface area is 99.2 Å². The van der Waals surface area contributed by atoms with Crippen LogP contribution in [0.15, 0.2) is 12.4 Å². The van der Waals surface area contributed by atoms with Gasteiger partial charge in [-0.2, -0.15) is 0 Å². The molecule has 92 valence electrons. The first-order chi connectivity index (χ1) is 8.06. The third-order valence-corrected chi connectivity index (χ3v) is 2.30. The van der Waals surface area contributed by atoms with Crippen LogP contribution in [0.25, 0.3) is 0 Å². The molecule has 0 aliphatic rings. The summed E-state index contributed by atoms with van der Waals surface area (Å²) < 4.78 is 0. The quantitative estimate of drug-likeness (QED) is 0.466. The molecule has 0 aliphatic carbocycles. The summed E-state index contributed by atoms with van der Waals surface area (Å²) in [5, 5.41) is 13.7. The van der Waals surface area contributed by atoms with Gasteiger partial charge < -0.3 is 5.32 Å². The molecule has 1 heterocycles. The second kappa shape index (κ2) is 5.93. The normalized spacial score (nSPS) is 10.3. The van der Waals surface area contributed by atoms with Crippen molar-refractivity contribution in [1.29, 1.82) is 0 Å². The molecule has 6 nitrogen and oxygen atoms in total. The number of aromatic nitrogens is 1. The van der Waals surface area contributed by atoms with Gasteiger partial charge in [0.15, 0.2) is 6.29 Å². The van der Waals surface area contributed by atoms with Crippen LogP contribution in [0, 0.1) is 16.0 Å². The first-order valence-electron chi connectivity index (χ1n) is 5.37. The van der Waals surface area contributed by atoms with E-state index >= 15 is 0 Å². The zero-order chi connectivity index (χ0) is 12.8. The molecule has 0 bridgehead atoms. The fourth-order valence-corrected chi connectivity index (χ4v) is 1.37. The summed E-state index contributed by atoms with van der Waals surface area (Å²) in [6, 6.07) is 0. The van der Waals surface area contributed by atoms with E-state index < -0.39 is 4.92 Å². The van der Waals surface area contributed by atoms with E-state index in [1.54, 1.807) is 0 Å². The number of carbonyl (C=O) groups excluding carboxylic acids is 1. The highest BCUT2D eigenvalue weighted by Crippen LogP contribution is 2.25. The van der Waals surface area contributed by atoms with Gasteiger partial charge in [0.25, 0.3) is 0 Å². The van der Waals surface area contributed by atoms with Crippen LogP contribution in [0.1, 0.15) is 30.6 Å². The molecule has 0 spiro atoms. The van der Waals surface area contributed by atoms with Gasteiger partial charge in [0.05, 0.1) is 10.5 Å². The maximum absolute atomic E-state index is 10.8. The largest absolute Gasteiger partial charge is 0.379 e. The third-order valence-electron chi connectivity index (χ3n) is 2.30. The zero-order valence-electron chi connectivity index (χ0n) is 9.84. The van der Waals surface area contributed by atoms with Crippen LogP contribution in [0.2, 0.25) is 0 Å². The maximum atomic E-state index is 10.8. The van der Waals surface area contributed by atoms with Crippen LogP contribution in [-0.4, -0.2) is 22.7 Å². The van der Waals surface area contributed by atoms with Crippen molar-refractivity contribution < 1.29 is 9.72 Å². The molecule has 0 saturated carbocycles. The average molecular weight is 237 g/mol. The second-order valence-electron chi connectivity index (χ2n) is 4.11. The SMILES string of the molecule is CC(C)CCNc1c(C=O)cncc1[N+](=O)[O-]. The smallest absolute Gasteiger partial charge is 0.311 e. The molecule has 1 aromatic rings. The molecule has 17 heavy (non-hydrogen) atoms. The first kappa shape index (κ1) is 13.1. The lowest BCUT2D eigenvalue weighted by Gasteiger charge is -2.10. The minimum Gasteiger partial charge on any atom is -0.379 e. The van der Waals surface area contributed by atoms with Crippen LogP contribution in [0.3, 0.4) is 0 Å². The summed E-state index contributed by atoms with van der Waals surface area (Å²) in [5.74, 6) is 0.489. The Kier molecular flexibility index (Phi) is 4.56. The summed E-state index contributed by atoms with van der Waals surface area (Å²) in [7, 11) is 0. The Balaban J connectivity index is 2.93. The minimum absolute atomic E-state index is 0.168. The molecular formula is C11H15N3O3. The van der Waals surface area contributed by atoms with Crippen molar-refractivity contribution in [3.8, 4) is 0 Å². The standard InChI is InChI=1S/C11H15N3O3/c1-8(2)3-4-13-11-9(7-15)5-12-6-10(11)14(16)17/h5-8H,3-4H2,1-2H3,(H,12,13). The Morgan fingerprint density at radius 3 is 2.76 bits per heavy atom. The number of anilines is 1. The van der Waals surface area contributed by atoms with E-state index in [9.17, 15) is 14.9 Å². The van der Waals surface area contributed by atoms with Crippen molar-refractivity contribution >= 4 is 17.7 Å². The Morgan fingerprint density at radius 1 is 1.53 bits per heavy atom. The molecule has 1 rings (SSSR count). The molecule has 0 aromatic carbocycles. The Bertz CT molecular complexity index is 418. The lowest BCUT2D eigenvalue weighted by molar-refractivity contribution is -0.384. The van der Waals surface area contributed by atoms with E-state index in [1.807, 2.05) is 0 Å². The van der Waals surface area contributed by atoms with Crippen molar-refractivity contribution in [2.45, 2.75) is 20.3 Å². The summed E-state index contributed by atoms with van der Waals surface area (Å²) in [4.78, 5) is 24.7. The van der Waals surface area contributed by atoms with Crippen molar-refractivity contribution in [3.05, 3.63) is 28.1 Å². The molecule has 1 N–H and O–H groups in total. The number of hydrogen-bond acceptors (Lipinski definition) is 5. The molecule has 0 unspecified atom stereocenters. The fraction of sp³-hybridized carbons (Fsp3) is 0.455. The van der Waals surface area contributed by atoms with Crippen molar-refractivity contribution in [1.82, 2.24) is 4.98 Å². The molecule has 0 radical (unpaired) electrons. The van der Waals surface area contributed by atoms with Crippen LogP contribution in [0.5, 0.6) is 0 Å². The van der Waals surface area contributed by atoms with E-state index in [0.717, 1.165) is 12.6 Å². The predicted octanol–water partition coefficient (Wildman–Crippen LogP) is 2.26. The number of nitrogens with zero attached hydrogens (tertiary/aromatic N) is 2. The van der Waals surface area contributed by atoms with Gasteiger partial charge in [-0.15, -0.1) is 0 Å². The topological polar surface area (TPSA) is 85.1 Å². The van der Waals surface area contributed by atoms with Gasteiger partial charge in [-0.1, -0.05) is 13.8 Å². The number of nitro groups is 1. The number of carbonyl (C=O) groups is 1. The first-order valence-corrected chi connectivity index (χ1v) is 5.37. The van der Waals surface area contributed by atoms with E-state index in [0.29, 0.717) is 18.7 Å². The average Bonchev–Trinajstić information content (AvgIpc) is 2.28. The van der Waals surface area contributed by atoms with E-state index in [-0.39, 0.29) is 16.9 Å². The summed E-state index contributed by atoms with van der Waals surface area (Å²) in [5.41, 5.74) is 0.293. The van der Waals surface area contributed by atoms with Crippen molar-refractivity contribution in [2.24, 2.45) is 5.92 Å². The number of rotatable bonds is 6. The van der Waals surface area contributed by atoms with Gasteiger partial charge >= 0.3 is 5.69 Å². The second-order valence-corrected chi connectivity index (χ2v) is 4.11. The van der Waals surface area contributed by atoms with Gasteiger partial charge in [0.1, 0.15) is 11.9 Å². The molecule has 1 aromatic heterocycles. The highest BCUT2D eigenvalue weighted by atomic mass is 16.6. The molecule has 0 amide bonds. The fourth-order valence-electron chi connectivity index (χ4n) is 1.37. The van der Waals surface area contributed by atoms with Crippen molar-refractivity contribution in [2.75, 3.05) is 11.9 Å². The number of hydrogen-bond donors (Lipinski definition) is 1. The van der Waals surface area contributed by atoms with Crippen LogP contribution >= 0.6 is 0 Å². The molecule has 0 saturated heterocycles. The van der Waals surface area contributed by atoms with Crippen LogP contribution < -0.4 is 5.32 Å². The Hall–Kier alpha value is -1.98. The molecular weight excluding hydrogens is 222 g/mol. The molecule has 6 heteroatoms. The minimum atomic E-state index is -0.544. The van der Waals surface area contributed by atoms with Gasteiger partial charge in [-0.25, -0.2) is 0 Å². The summed E-state index contributed by atoms with van der Waals surface area (Å²) in [6.07, 6.45) is 3.90. The van der Waals surface area contributed by atoms with E-state index in [1.165, 1.54) is 6.20 Å². The lowest BCUT2D eigenvalue weighted by atomic mass is 10.1. The number of pyridine rings is 1. The van der Waals surface area contributed by atoms with Crippen molar-refractivity contribution in [3.63, 3.8) is 0 Å². The number of nitrogens with one attached hydrogen (secondary N) is 1. The number of aldehydes is 1. The van der Waals surface area contributed by atoms with Crippen LogP contribution in [0.4, 0.5) is 11.4 Å². The van der Waals surface area contributed by atoms with Gasteiger partial charge in [0, 0.05) is 12.7 Å². The molecule has 0 fully saturated rings. The summed E-state index contributed by atoms with van der Waals surface area (Å²) >= 11 is 0. The monoisotopic (exact) mass is 237 g/mol. The maximum Gasteiger partial charge on any atom is 0.311 e. The highest BCUT2D eigenvalue weighted by molar-refractivity contribution is 5.87. The molecule has 0 aliphatic heterocycles. The Morgan fingerprint density at radius 2 is 2.24 bits per heavy atom. The highest BCUT2D eigenvalue weighted by Gasteiger charge is 2.17. The van der Waals surface area contributed by atoms with Gasteiger partial charge in [-0.05, 0) is 12.3 Å². The molecule has 0 atom stereocenters. The van der Waals surface area contributed by atoms with Crippen LogP contribution in [-0.2, 0) is 0 Å². The summed E-state index contributed by atoms with van der Waals surface area (Å²) in [6.45, 7) is 4.70. The zero-order valence-corrected chi connectivity index (χ0v) is 9.84.